The van der Waals surface area contributed by atoms with Gasteiger partial charge in [0.05, 0.1) is 18.8 Å². The normalized spacial score (nSPS) is 28.7. The highest BCUT2D eigenvalue weighted by Crippen LogP contribution is 2.50. The summed E-state index contributed by atoms with van der Waals surface area (Å²) in [6, 6.07) is 4.59. The highest BCUT2D eigenvalue weighted by atomic mass is 31.2. The third-order valence-corrected chi connectivity index (χ3v) is 6.76. The van der Waals surface area contributed by atoms with Crippen LogP contribution in [0.3, 0.4) is 0 Å². The minimum atomic E-state index is -3.04. The SMILES string of the molecule is CC(=O)NC[C@H]1CN(c2ccc(C3CCP(=O)(O)CC3)c(F)c2)C(=O)O1. The number of nitrogens with zero attached hydrogens (tertiary/aromatic N) is 1. The van der Waals surface area contributed by atoms with E-state index in [1.807, 2.05) is 0 Å². The number of hydrogen-bond acceptors (Lipinski definition) is 4. The number of anilines is 1. The van der Waals surface area contributed by atoms with Crippen LogP contribution in [0.2, 0.25) is 0 Å². The van der Waals surface area contributed by atoms with Crippen molar-refractivity contribution >= 4 is 25.1 Å². The fourth-order valence-corrected chi connectivity index (χ4v) is 5.05. The number of rotatable bonds is 4. The number of benzene rings is 1. The molecule has 3 rings (SSSR count). The van der Waals surface area contributed by atoms with Gasteiger partial charge in [-0.2, -0.15) is 0 Å². The van der Waals surface area contributed by atoms with E-state index in [2.05, 4.69) is 5.32 Å². The van der Waals surface area contributed by atoms with Gasteiger partial charge in [0, 0.05) is 19.2 Å². The Hall–Kier alpha value is -1.92. The van der Waals surface area contributed by atoms with Crippen molar-refractivity contribution in [3.63, 3.8) is 0 Å². The van der Waals surface area contributed by atoms with Crippen LogP contribution in [0.4, 0.5) is 14.9 Å². The molecular formula is C17H22FN2O5P. The highest BCUT2D eigenvalue weighted by Gasteiger charge is 2.34. The molecule has 0 aliphatic carbocycles. The topological polar surface area (TPSA) is 95.9 Å². The molecule has 0 saturated carbocycles. The van der Waals surface area contributed by atoms with Crippen LogP contribution in [0.5, 0.6) is 0 Å². The van der Waals surface area contributed by atoms with E-state index in [-0.39, 0.29) is 37.2 Å². The van der Waals surface area contributed by atoms with Gasteiger partial charge in [0.2, 0.25) is 13.3 Å². The molecule has 0 bridgehead atoms. The average molecular weight is 384 g/mol. The molecule has 1 aromatic carbocycles. The lowest BCUT2D eigenvalue weighted by Crippen LogP contribution is -2.33. The second kappa shape index (κ2) is 7.37. The fourth-order valence-electron chi connectivity index (χ4n) is 3.39. The lowest BCUT2D eigenvalue weighted by molar-refractivity contribution is -0.119. The smallest absolute Gasteiger partial charge is 0.414 e. The summed E-state index contributed by atoms with van der Waals surface area (Å²) in [5, 5.41) is 2.59. The van der Waals surface area contributed by atoms with E-state index in [0.717, 1.165) is 0 Å². The Bertz CT molecular complexity index is 760. The molecule has 2 saturated heterocycles. The Morgan fingerprint density at radius 2 is 2.12 bits per heavy atom. The predicted molar refractivity (Wildman–Crippen MR) is 94.2 cm³/mol. The summed E-state index contributed by atoms with van der Waals surface area (Å²) in [4.78, 5) is 33.9. The van der Waals surface area contributed by atoms with Crippen molar-refractivity contribution in [3.8, 4) is 0 Å². The third kappa shape index (κ3) is 4.24. The van der Waals surface area contributed by atoms with Crippen molar-refractivity contribution in [1.29, 1.82) is 0 Å². The van der Waals surface area contributed by atoms with Gasteiger partial charge in [0.15, 0.2) is 0 Å². The summed E-state index contributed by atoms with van der Waals surface area (Å²) >= 11 is 0. The summed E-state index contributed by atoms with van der Waals surface area (Å²) in [5.41, 5.74) is 0.904. The van der Waals surface area contributed by atoms with Crippen LogP contribution in [0, 0.1) is 5.82 Å². The van der Waals surface area contributed by atoms with Crippen LogP contribution in [-0.4, -0.2) is 48.4 Å². The Morgan fingerprint density at radius 1 is 1.42 bits per heavy atom. The van der Waals surface area contributed by atoms with Crippen molar-refractivity contribution in [1.82, 2.24) is 5.32 Å². The quantitative estimate of drug-likeness (QED) is 0.778. The van der Waals surface area contributed by atoms with Crippen LogP contribution in [-0.2, 0) is 14.1 Å². The zero-order valence-electron chi connectivity index (χ0n) is 14.5. The van der Waals surface area contributed by atoms with E-state index < -0.39 is 25.4 Å². The van der Waals surface area contributed by atoms with Crippen LogP contribution in [0.15, 0.2) is 18.2 Å². The van der Waals surface area contributed by atoms with Gasteiger partial charge in [-0.05, 0) is 36.5 Å². The molecule has 2 aliphatic heterocycles. The van der Waals surface area contributed by atoms with Gasteiger partial charge in [0.25, 0.3) is 0 Å². The maximum Gasteiger partial charge on any atom is 0.414 e. The molecule has 2 heterocycles. The summed E-state index contributed by atoms with van der Waals surface area (Å²) in [6.07, 6.45) is 0.325. The number of carbonyl (C=O) groups is 2. The molecule has 2 amide bonds. The number of hydrogen-bond donors (Lipinski definition) is 2. The summed E-state index contributed by atoms with van der Waals surface area (Å²) in [5.74, 6) is -0.730. The lowest BCUT2D eigenvalue weighted by Gasteiger charge is -2.26. The number of nitrogens with one attached hydrogen (secondary N) is 1. The van der Waals surface area contributed by atoms with E-state index in [1.54, 1.807) is 12.1 Å². The molecule has 0 unspecified atom stereocenters. The number of carbonyl (C=O) groups excluding carboxylic acids is 2. The monoisotopic (exact) mass is 384 g/mol. The van der Waals surface area contributed by atoms with E-state index in [9.17, 15) is 23.4 Å². The summed E-state index contributed by atoms with van der Waals surface area (Å²) in [7, 11) is -3.04. The van der Waals surface area contributed by atoms with E-state index in [4.69, 9.17) is 4.74 Å². The standard InChI is InChI=1S/C17H22FN2O5P/c1-11(21)19-9-14-10-20(17(22)25-14)13-2-3-15(16(18)8-13)12-4-6-26(23,24)7-5-12/h2-3,8,12,14H,4-7,9-10H2,1H3,(H,19,21)(H,23,24)/t14-/m0/s1. The van der Waals surface area contributed by atoms with Crippen LogP contribution in [0.25, 0.3) is 0 Å². The number of amides is 2. The predicted octanol–water partition coefficient (Wildman–Crippen LogP) is 2.43. The average Bonchev–Trinajstić information content (AvgIpc) is 2.94. The van der Waals surface area contributed by atoms with Gasteiger partial charge >= 0.3 is 6.09 Å². The molecule has 2 N–H and O–H groups in total. The first kappa shape index (κ1) is 18.9. The first-order chi connectivity index (χ1) is 12.2. The van der Waals surface area contributed by atoms with Crippen LogP contribution >= 0.6 is 7.37 Å². The minimum absolute atomic E-state index is 0.0867. The van der Waals surface area contributed by atoms with Gasteiger partial charge in [-0.1, -0.05) is 6.07 Å². The highest BCUT2D eigenvalue weighted by molar-refractivity contribution is 7.58. The minimum Gasteiger partial charge on any atom is -0.442 e. The molecule has 0 radical (unpaired) electrons. The van der Waals surface area contributed by atoms with Crippen LogP contribution < -0.4 is 10.2 Å². The van der Waals surface area contributed by atoms with Crippen molar-refractivity contribution in [2.45, 2.75) is 31.8 Å². The van der Waals surface area contributed by atoms with Gasteiger partial charge < -0.3 is 14.9 Å². The zero-order chi connectivity index (χ0) is 18.9. The van der Waals surface area contributed by atoms with Crippen molar-refractivity contribution in [3.05, 3.63) is 29.6 Å². The van der Waals surface area contributed by atoms with Crippen molar-refractivity contribution < 1.29 is 28.2 Å². The molecule has 0 spiro atoms. The third-order valence-electron chi connectivity index (χ3n) is 4.84. The summed E-state index contributed by atoms with van der Waals surface area (Å²) < 4.78 is 31.4. The first-order valence-corrected chi connectivity index (χ1v) is 10.6. The van der Waals surface area contributed by atoms with Gasteiger partial charge in [-0.25, -0.2) is 9.18 Å². The molecule has 142 valence electrons. The number of halogens is 1. The number of cyclic esters (lactones) is 1. The molecule has 1 aromatic rings. The molecule has 0 aromatic heterocycles. The maximum atomic E-state index is 14.6. The Balaban J connectivity index is 1.69. The molecule has 2 fully saturated rings. The molecule has 9 heteroatoms. The number of ether oxygens (including phenoxy) is 1. The molecule has 2 aliphatic rings. The molecule has 7 nitrogen and oxygen atoms in total. The maximum absolute atomic E-state index is 14.6. The van der Waals surface area contributed by atoms with E-state index in [0.29, 0.717) is 24.1 Å². The van der Waals surface area contributed by atoms with Crippen molar-refractivity contribution in [2.75, 3.05) is 30.3 Å². The van der Waals surface area contributed by atoms with Gasteiger partial charge in [0.1, 0.15) is 11.9 Å². The molecule has 26 heavy (non-hydrogen) atoms. The fraction of sp³-hybridized carbons (Fsp3) is 0.529. The Labute approximate surface area is 151 Å². The summed E-state index contributed by atoms with van der Waals surface area (Å²) in [6.45, 7) is 1.82. The van der Waals surface area contributed by atoms with Gasteiger partial charge in [-0.15, -0.1) is 0 Å². The van der Waals surface area contributed by atoms with Gasteiger partial charge in [-0.3, -0.25) is 14.3 Å². The first-order valence-electron chi connectivity index (χ1n) is 8.58. The van der Waals surface area contributed by atoms with Crippen LogP contribution in [0.1, 0.15) is 31.2 Å². The second-order valence-corrected chi connectivity index (χ2v) is 9.41. The Morgan fingerprint density at radius 3 is 2.73 bits per heavy atom. The van der Waals surface area contributed by atoms with Crippen molar-refractivity contribution in [2.24, 2.45) is 0 Å². The van der Waals surface area contributed by atoms with E-state index in [1.165, 1.54) is 17.9 Å². The second-order valence-electron chi connectivity index (χ2n) is 6.83. The Kier molecular flexibility index (Phi) is 5.34. The largest absolute Gasteiger partial charge is 0.442 e. The lowest BCUT2D eigenvalue weighted by atomic mass is 9.93. The molecule has 1 atom stereocenters. The molecular weight excluding hydrogens is 362 g/mol. The zero-order valence-corrected chi connectivity index (χ0v) is 15.4. The van der Waals surface area contributed by atoms with E-state index >= 15 is 0 Å².